The van der Waals surface area contributed by atoms with Gasteiger partial charge in [-0.05, 0) is 32.0 Å². The molecule has 6 heteroatoms. The molecule has 0 radical (unpaired) electrons. The van der Waals surface area contributed by atoms with Gasteiger partial charge in [0.2, 0.25) is 0 Å². The normalized spacial score (nSPS) is 16.1. The molecule has 1 fully saturated rings. The Kier molecular flexibility index (Phi) is 4.30. The molecule has 0 amide bonds. The van der Waals surface area contributed by atoms with E-state index in [9.17, 15) is 0 Å². The van der Waals surface area contributed by atoms with E-state index in [1.165, 1.54) is 25.7 Å². The molecular weight excluding hydrogens is 234 g/mol. The highest BCUT2D eigenvalue weighted by Crippen LogP contribution is 2.17. The van der Waals surface area contributed by atoms with Crippen LogP contribution < -0.4 is 10.6 Å². The van der Waals surface area contributed by atoms with Crippen LogP contribution in [-0.4, -0.2) is 25.9 Å². The lowest BCUT2D eigenvalue weighted by Crippen LogP contribution is -2.40. The van der Waals surface area contributed by atoms with Crippen LogP contribution in [0.15, 0.2) is 6.33 Å². The van der Waals surface area contributed by atoms with Crippen LogP contribution in [-0.2, 0) is 13.1 Å². The molecule has 1 aromatic heterocycles. The van der Waals surface area contributed by atoms with Gasteiger partial charge in [-0.1, -0.05) is 12.8 Å². The lowest BCUT2D eigenvalue weighted by atomic mass is 10.3. The highest BCUT2D eigenvalue weighted by Gasteiger charge is 2.15. The topological polar surface area (TPSA) is 54.8 Å². The molecule has 1 aliphatic rings. The van der Waals surface area contributed by atoms with Crippen LogP contribution in [0.25, 0.3) is 0 Å². The van der Waals surface area contributed by atoms with Crippen molar-refractivity contribution in [2.75, 3.05) is 0 Å². The summed E-state index contributed by atoms with van der Waals surface area (Å²) in [6.45, 7) is 3.58. The molecule has 0 bridgehead atoms. The minimum absolute atomic E-state index is 0.555. The predicted molar refractivity (Wildman–Crippen MR) is 70.5 cm³/mol. The molecule has 2 N–H and O–H groups in total. The molecule has 1 heterocycles. The first-order chi connectivity index (χ1) is 8.29. The SMILES string of the molecule is CCn1cnnc1CNC(=S)NC1CCCC1. The summed E-state index contributed by atoms with van der Waals surface area (Å²) in [6, 6.07) is 0.555. The Morgan fingerprint density at radius 1 is 1.53 bits per heavy atom. The highest BCUT2D eigenvalue weighted by molar-refractivity contribution is 7.80. The Morgan fingerprint density at radius 3 is 3.00 bits per heavy atom. The highest BCUT2D eigenvalue weighted by atomic mass is 32.1. The van der Waals surface area contributed by atoms with Crippen molar-refractivity contribution in [1.29, 1.82) is 0 Å². The van der Waals surface area contributed by atoms with Crippen LogP contribution in [0.5, 0.6) is 0 Å². The average molecular weight is 253 g/mol. The Morgan fingerprint density at radius 2 is 2.29 bits per heavy atom. The number of rotatable bonds is 4. The van der Waals surface area contributed by atoms with Gasteiger partial charge in [-0.2, -0.15) is 0 Å². The van der Waals surface area contributed by atoms with Crippen LogP contribution in [0.2, 0.25) is 0 Å². The standard InChI is InChI=1S/C11H19N5S/c1-2-16-8-13-15-10(16)7-12-11(17)14-9-5-3-4-6-9/h8-9H,2-7H2,1H3,(H2,12,14,17). The van der Waals surface area contributed by atoms with Gasteiger partial charge in [-0.3, -0.25) is 0 Å². The second kappa shape index (κ2) is 5.95. The summed E-state index contributed by atoms with van der Waals surface area (Å²) in [4.78, 5) is 0. The average Bonchev–Trinajstić information content (AvgIpc) is 2.96. The molecule has 1 saturated carbocycles. The molecule has 0 atom stereocenters. The first-order valence-corrected chi connectivity index (χ1v) is 6.61. The van der Waals surface area contributed by atoms with E-state index in [-0.39, 0.29) is 0 Å². The number of nitrogens with one attached hydrogen (secondary N) is 2. The predicted octanol–water partition coefficient (Wildman–Crippen LogP) is 1.20. The molecular formula is C11H19N5S. The van der Waals surface area contributed by atoms with Crippen LogP contribution >= 0.6 is 12.2 Å². The van der Waals surface area contributed by atoms with Crippen molar-refractivity contribution in [1.82, 2.24) is 25.4 Å². The van der Waals surface area contributed by atoms with Crippen molar-refractivity contribution in [3.8, 4) is 0 Å². The first kappa shape index (κ1) is 12.3. The molecule has 2 rings (SSSR count). The van der Waals surface area contributed by atoms with Gasteiger partial charge in [0, 0.05) is 12.6 Å². The summed E-state index contributed by atoms with van der Waals surface area (Å²) in [5, 5.41) is 15.2. The van der Waals surface area contributed by atoms with Crippen LogP contribution in [0.1, 0.15) is 38.4 Å². The van der Waals surface area contributed by atoms with E-state index in [1.54, 1.807) is 6.33 Å². The summed E-state index contributed by atoms with van der Waals surface area (Å²) >= 11 is 5.26. The minimum Gasteiger partial charge on any atom is -0.360 e. The molecule has 0 aromatic carbocycles. The van der Waals surface area contributed by atoms with Crippen molar-refractivity contribution < 1.29 is 0 Å². The Labute approximate surface area is 107 Å². The van der Waals surface area contributed by atoms with Gasteiger partial charge < -0.3 is 15.2 Å². The van der Waals surface area contributed by atoms with Crippen LogP contribution in [0.4, 0.5) is 0 Å². The Bertz CT molecular complexity index is 370. The van der Waals surface area contributed by atoms with Gasteiger partial charge in [0.1, 0.15) is 6.33 Å². The van der Waals surface area contributed by atoms with Gasteiger partial charge in [-0.15, -0.1) is 10.2 Å². The third-order valence-corrected chi connectivity index (χ3v) is 3.40. The number of thiocarbonyl (C=S) groups is 1. The summed E-state index contributed by atoms with van der Waals surface area (Å²) in [5.74, 6) is 0.920. The quantitative estimate of drug-likeness (QED) is 0.790. The third kappa shape index (κ3) is 3.39. The summed E-state index contributed by atoms with van der Waals surface area (Å²) < 4.78 is 2.01. The first-order valence-electron chi connectivity index (χ1n) is 6.20. The van der Waals surface area contributed by atoms with E-state index < -0.39 is 0 Å². The molecule has 94 valence electrons. The summed E-state index contributed by atoms with van der Waals surface area (Å²) in [6.07, 6.45) is 6.82. The smallest absolute Gasteiger partial charge is 0.166 e. The van der Waals surface area contributed by atoms with E-state index in [0.717, 1.165) is 17.5 Å². The zero-order valence-corrected chi connectivity index (χ0v) is 11.0. The fourth-order valence-electron chi connectivity index (χ4n) is 2.15. The van der Waals surface area contributed by atoms with E-state index in [2.05, 4.69) is 27.8 Å². The molecule has 1 aliphatic carbocycles. The minimum atomic E-state index is 0.555. The van der Waals surface area contributed by atoms with Gasteiger partial charge in [0.15, 0.2) is 10.9 Å². The molecule has 5 nitrogen and oxygen atoms in total. The van der Waals surface area contributed by atoms with Crippen LogP contribution in [0, 0.1) is 0 Å². The Hall–Kier alpha value is -1.17. The maximum atomic E-state index is 5.26. The molecule has 17 heavy (non-hydrogen) atoms. The van der Waals surface area contributed by atoms with Gasteiger partial charge in [0.05, 0.1) is 6.54 Å². The van der Waals surface area contributed by atoms with E-state index >= 15 is 0 Å². The molecule has 0 unspecified atom stereocenters. The maximum absolute atomic E-state index is 5.26. The maximum Gasteiger partial charge on any atom is 0.166 e. The van der Waals surface area contributed by atoms with Crippen molar-refractivity contribution >= 4 is 17.3 Å². The fraction of sp³-hybridized carbons (Fsp3) is 0.727. The van der Waals surface area contributed by atoms with Crippen molar-refractivity contribution in [3.05, 3.63) is 12.2 Å². The fourth-order valence-corrected chi connectivity index (χ4v) is 2.38. The second-order valence-electron chi connectivity index (χ2n) is 4.34. The van der Waals surface area contributed by atoms with E-state index in [0.29, 0.717) is 12.6 Å². The summed E-state index contributed by atoms with van der Waals surface area (Å²) in [7, 11) is 0. The number of nitrogens with zero attached hydrogens (tertiary/aromatic N) is 3. The Balaban J connectivity index is 1.75. The van der Waals surface area contributed by atoms with Gasteiger partial charge >= 0.3 is 0 Å². The summed E-state index contributed by atoms with van der Waals surface area (Å²) in [5.41, 5.74) is 0. The third-order valence-electron chi connectivity index (χ3n) is 3.13. The van der Waals surface area contributed by atoms with Crippen molar-refractivity contribution in [3.63, 3.8) is 0 Å². The molecule has 0 spiro atoms. The number of aryl methyl sites for hydroxylation is 1. The van der Waals surface area contributed by atoms with Crippen LogP contribution in [0.3, 0.4) is 0 Å². The van der Waals surface area contributed by atoms with Crippen molar-refractivity contribution in [2.45, 2.75) is 51.7 Å². The molecule has 1 aromatic rings. The zero-order chi connectivity index (χ0) is 12.1. The van der Waals surface area contributed by atoms with Crippen molar-refractivity contribution in [2.24, 2.45) is 0 Å². The second-order valence-corrected chi connectivity index (χ2v) is 4.75. The number of aromatic nitrogens is 3. The molecule has 0 saturated heterocycles. The largest absolute Gasteiger partial charge is 0.360 e. The van der Waals surface area contributed by atoms with Gasteiger partial charge in [0.25, 0.3) is 0 Å². The van der Waals surface area contributed by atoms with Gasteiger partial charge in [-0.25, -0.2) is 0 Å². The van der Waals surface area contributed by atoms with E-state index in [4.69, 9.17) is 12.2 Å². The number of hydrogen-bond donors (Lipinski definition) is 2. The zero-order valence-electron chi connectivity index (χ0n) is 10.1. The van der Waals surface area contributed by atoms with E-state index in [1.807, 2.05) is 4.57 Å². The molecule has 0 aliphatic heterocycles. The lowest BCUT2D eigenvalue weighted by Gasteiger charge is -2.15. The lowest BCUT2D eigenvalue weighted by molar-refractivity contribution is 0.613. The monoisotopic (exact) mass is 253 g/mol. The number of hydrogen-bond acceptors (Lipinski definition) is 3.